The fourth-order valence-electron chi connectivity index (χ4n) is 3.89. The van der Waals surface area contributed by atoms with Gasteiger partial charge in [0.15, 0.2) is 0 Å². The molecule has 3 rings (SSSR count). The first-order valence-electron chi connectivity index (χ1n) is 9.95. The molecule has 0 saturated heterocycles. The summed E-state index contributed by atoms with van der Waals surface area (Å²) in [5.41, 5.74) is 11.1. The first kappa shape index (κ1) is 21.5. The van der Waals surface area contributed by atoms with Crippen molar-refractivity contribution in [3.8, 4) is 11.1 Å². The molecular weight excluding hydrogens is 403 g/mol. The maximum absolute atomic E-state index is 12.5. The number of benzene rings is 2. The molecule has 5 heteroatoms. The van der Waals surface area contributed by atoms with Crippen LogP contribution in [0.2, 0.25) is 10.0 Å². The van der Waals surface area contributed by atoms with Crippen LogP contribution in [0.1, 0.15) is 53.5 Å². The molecular formula is C24H26Cl2N2O. The molecule has 29 heavy (non-hydrogen) atoms. The van der Waals surface area contributed by atoms with Crippen LogP contribution >= 0.6 is 23.2 Å². The van der Waals surface area contributed by atoms with Crippen LogP contribution in [-0.2, 0) is 13.0 Å². The van der Waals surface area contributed by atoms with E-state index in [2.05, 4.69) is 11.5 Å². The third-order valence-electron chi connectivity index (χ3n) is 5.27. The Morgan fingerprint density at radius 2 is 1.83 bits per heavy atom. The van der Waals surface area contributed by atoms with E-state index >= 15 is 0 Å². The van der Waals surface area contributed by atoms with Gasteiger partial charge in [0.1, 0.15) is 0 Å². The Morgan fingerprint density at radius 1 is 1.07 bits per heavy atom. The lowest BCUT2D eigenvalue weighted by atomic mass is 9.97. The number of primary amides is 1. The molecule has 0 unspecified atom stereocenters. The predicted molar refractivity (Wildman–Crippen MR) is 122 cm³/mol. The highest BCUT2D eigenvalue weighted by Crippen LogP contribution is 2.38. The second-order valence-corrected chi connectivity index (χ2v) is 8.14. The lowest BCUT2D eigenvalue weighted by molar-refractivity contribution is 0.1000. The highest BCUT2D eigenvalue weighted by molar-refractivity contribution is 6.33. The zero-order valence-corrected chi connectivity index (χ0v) is 18.4. The smallest absolute Gasteiger partial charge is 0.251 e. The third kappa shape index (κ3) is 4.68. The molecule has 0 aliphatic carbocycles. The van der Waals surface area contributed by atoms with Gasteiger partial charge in [-0.15, -0.1) is 0 Å². The molecule has 152 valence electrons. The van der Waals surface area contributed by atoms with E-state index < -0.39 is 5.91 Å². The molecule has 0 bridgehead atoms. The predicted octanol–water partition coefficient (Wildman–Crippen LogP) is 6.65. The number of halogens is 2. The highest BCUT2D eigenvalue weighted by atomic mass is 35.5. The Bertz CT molecular complexity index is 1020. The second kappa shape index (κ2) is 9.51. The summed E-state index contributed by atoms with van der Waals surface area (Å²) in [5, 5.41) is 1.31. The molecule has 3 aromatic rings. The van der Waals surface area contributed by atoms with Crippen molar-refractivity contribution in [2.45, 2.75) is 46.1 Å². The molecule has 2 aromatic carbocycles. The Balaban J connectivity index is 2.22. The average molecular weight is 429 g/mol. The van der Waals surface area contributed by atoms with E-state index in [0.717, 1.165) is 53.8 Å². The zero-order chi connectivity index (χ0) is 21.0. The van der Waals surface area contributed by atoms with Crippen LogP contribution in [-0.4, -0.2) is 10.5 Å². The van der Waals surface area contributed by atoms with E-state index in [1.807, 2.05) is 55.5 Å². The second-order valence-electron chi connectivity index (χ2n) is 7.30. The minimum atomic E-state index is -0.431. The van der Waals surface area contributed by atoms with Crippen molar-refractivity contribution in [1.82, 2.24) is 4.57 Å². The molecule has 0 spiro atoms. The Kier molecular flexibility index (Phi) is 7.05. The first-order valence-corrected chi connectivity index (χ1v) is 10.7. The molecule has 0 saturated carbocycles. The van der Waals surface area contributed by atoms with Gasteiger partial charge in [0, 0.05) is 39.1 Å². The summed E-state index contributed by atoms with van der Waals surface area (Å²) < 4.78 is 2.19. The highest BCUT2D eigenvalue weighted by Gasteiger charge is 2.25. The van der Waals surface area contributed by atoms with E-state index in [1.165, 1.54) is 0 Å². The van der Waals surface area contributed by atoms with Gasteiger partial charge in [-0.05, 0) is 43.5 Å². The summed E-state index contributed by atoms with van der Waals surface area (Å²) in [6.45, 7) is 4.76. The van der Waals surface area contributed by atoms with Crippen molar-refractivity contribution in [2.75, 3.05) is 0 Å². The molecule has 3 nitrogen and oxygen atoms in total. The third-order valence-corrected chi connectivity index (χ3v) is 5.83. The van der Waals surface area contributed by atoms with Gasteiger partial charge in [0.2, 0.25) is 0 Å². The zero-order valence-electron chi connectivity index (χ0n) is 16.8. The van der Waals surface area contributed by atoms with Crippen LogP contribution in [0.25, 0.3) is 11.1 Å². The summed E-state index contributed by atoms with van der Waals surface area (Å²) in [7, 11) is 0. The summed E-state index contributed by atoms with van der Waals surface area (Å²) in [5.74, 6) is -0.431. The van der Waals surface area contributed by atoms with Crippen LogP contribution in [0.3, 0.4) is 0 Å². The topological polar surface area (TPSA) is 48.0 Å². The molecule has 1 heterocycles. The normalized spacial score (nSPS) is 11.0. The van der Waals surface area contributed by atoms with Gasteiger partial charge in [0.25, 0.3) is 5.91 Å². The fraction of sp³-hybridized carbons (Fsp3) is 0.292. The number of unbranched alkanes of at least 4 members (excludes halogenated alkanes) is 2. The molecule has 0 radical (unpaired) electrons. The monoisotopic (exact) mass is 428 g/mol. The number of hydrogen-bond donors (Lipinski definition) is 1. The van der Waals surface area contributed by atoms with Crippen molar-refractivity contribution in [1.29, 1.82) is 0 Å². The number of hydrogen-bond acceptors (Lipinski definition) is 1. The number of rotatable bonds is 8. The quantitative estimate of drug-likeness (QED) is 0.401. The number of amides is 1. The van der Waals surface area contributed by atoms with Gasteiger partial charge in [0.05, 0.1) is 5.56 Å². The maximum atomic E-state index is 12.5. The lowest BCUT2D eigenvalue weighted by Crippen LogP contribution is -2.13. The minimum Gasteiger partial charge on any atom is -0.366 e. The van der Waals surface area contributed by atoms with E-state index in [4.69, 9.17) is 28.9 Å². The summed E-state index contributed by atoms with van der Waals surface area (Å²) in [6, 6.07) is 15.4. The lowest BCUT2D eigenvalue weighted by Gasteiger charge is -2.14. The molecule has 1 amide bonds. The fourth-order valence-corrected chi connectivity index (χ4v) is 4.33. The van der Waals surface area contributed by atoms with Gasteiger partial charge >= 0.3 is 0 Å². The minimum absolute atomic E-state index is 0.431. The van der Waals surface area contributed by atoms with Gasteiger partial charge in [-0.2, -0.15) is 0 Å². The SMILES string of the molecule is CCCCCc1c(-c2ccccc2Cl)c(C(N)=O)c(C)n1Cc1cccc(Cl)c1. The van der Waals surface area contributed by atoms with E-state index in [-0.39, 0.29) is 0 Å². The first-order chi connectivity index (χ1) is 13.9. The molecule has 0 aliphatic heterocycles. The summed E-state index contributed by atoms with van der Waals surface area (Å²) in [4.78, 5) is 12.5. The van der Waals surface area contributed by atoms with Crippen LogP contribution in [0, 0.1) is 6.92 Å². The molecule has 0 fully saturated rings. The van der Waals surface area contributed by atoms with Gasteiger partial charge in [-0.25, -0.2) is 0 Å². The van der Waals surface area contributed by atoms with E-state index in [9.17, 15) is 4.79 Å². The van der Waals surface area contributed by atoms with E-state index in [0.29, 0.717) is 22.2 Å². The Labute approximate surface area is 182 Å². The van der Waals surface area contributed by atoms with Crippen molar-refractivity contribution < 1.29 is 4.79 Å². The molecule has 0 atom stereocenters. The number of nitrogens with zero attached hydrogens (tertiary/aromatic N) is 1. The van der Waals surface area contributed by atoms with Crippen LogP contribution in [0.4, 0.5) is 0 Å². The summed E-state index contributed by atoms with van der Waals surface area (Å²) in [6.07, 6.45) is 4.13. The van der Waals surface area contributed by atoms with Crippen LogP contribution in [0.5, 0.6) is 0 Å². The van der Waals surface area contributed by atoms with Crippen molar-refractivity contribution in [3.05, 3.63) is 81.1 Å². The van der Waals surface area contributed by atoms with Gasteiger partial charge in [-0.1, -0.05) is 73.3 Å². The Hall–Kier alpha value is -2.23. The number of nitrogens with two attached hydrogens (primary N) is 1. The number of aromatic nitrogens is 1. The standard InChI is InChI=1S/C24H26Cl2N2O/c1-3-4-5-13-21-23(19-11-6-7-12-20(19)26)22(24(27)29)16(2)28(21)15-17-9-8-10-18(25)14-17/h6-12,14H,3-5,13,15H2,1-2H3,(H2,27,29). The maximum Gasteiger partial charge on any atom is 0.251 e. The molecule has 1 aromatic heterocycles. The Morgan fingerprint density at radius 3 is 2.48 bits per heavy atom. The number of carbonyl (C=O) groups excluding carboxylic acids is 1. The largest absolute Gasteiger partial charge is 0.366 e. The summed E-state index contributed by atoms with van der Waals surface area (Å²) >= 11 is 12.7. The van der Waals surface area contributed by atoms with Gasteiger partial charge < -0.3 is 10.3 Å². The van der Waals surface area contributed by atoms with Crippen molar-refractivity contribution >= 4 is 29.1 Å². The van der Waals surface area contributed by atoms with Gasteiger partial charge in [-0.3, -0.25) is 4.79 Å². The number of carbonyl (C=O) groups is 1. The molecule has 2 N–H and O–H groups in total. The van der Waals surface area contributed by atoms with Crippen LogP contribution in [0.15, 0.2) is 48.5 Å². The molecule has 0 aliphatic rings. The van der Waals surface area contributed by atoms with E-state index in [1.54, 1.807) is 0 Å². The average Bonchev–Trinajstić information content (AvgIpc) is 2.94. The van der Waals surface area contributed by atoms with Crippen molar-refractivity contribution in [2.24, 2.45) is 5.73 Å². The van der Waals surface area contributed by atoms with Crippen molar-refractivity contribution in [3.63, 3.8) is 0 Å². The van der Waals surface area contributed by atoms with Crippen LogP contribution < -0.4 is 5.73 Å².